The van der Waals surface area contributed by atoms with Crippen molar-refractivity contribution in [1.29, 1.82) is 0 Å². The van der Waals surface area contributed by atoms with Gasteiger partial charge in [0.05, 0.1) is 7.11 Å². The predicted molar refractivity (Wildman–Crippen MR) is 111 cm³/mol. The molecule has 28 heavy (non-hydrogen) atoms. The Morgan fingerprint density at radius 3 is 2.64 bits per heavy atom. The maximum atomic E-state index is 13.1. The van der Waals surface area contributed by atoms with Gasteiger partial charge in [0.15, 0.2) is 0 Å². The number of nitrogens with zero attached hydrogens (tertiary/aromatic N) is 4. The number of ether oxygens (including phenoxy) is 1. The molecule has 1 aliphatic rings. The molecule has 0 unspecified atom stereocenters. The highest BCUT2D eigenvalue weighted by Crippen LogP contribution is 2.28. The summed E-state index contributed by atoms with van der Waals surface area (Å²) in [5, 5.41) is 4.91. The average Bonchev–Trinajstić information content (AvgIpc) is 3.23. The third-order valence-corrected chi connectivity index (χ3v) is 5.71. The second-order valence-corrected chi connectivity index (χ2v) is 7.63. The quantitative estimate of drug-likeness (QED) is 0.649. The zero-order valence-electron chi connectivity index (χ0n) is 15.3. The van der Waals surface area contributed by atoms with E-state index in [1.807, 2.05) is 53.4 Å². The summed E-state index contributed by atoms with van der Waals surface area (Å²) in [6.07, 6.45) is 0. The van der Waals surface area contributed by atoms with Crippen LogP contribution < -0.4 is 9.64 Å². The molecule has 1 aromatic heterocycles. The Hall–Kier alpha value is -2.64. The highest BCUT2D eigenvalue weighted by molar-refractivity contribution is 7.08. The summed E-state index contributed by atoms with van der Waals surface area (Å²) in [5.41, 5.74) is 2.51. The molecule has 0 aliphatic carbocycles. The van der Waals surface area contributed by atoms with E-state index < -0.39 is 0 Å². The molecular weight excluding hydrogens is 396 g/mol. The number of hydrogen-bond acceptors (Lipinski definition) is 6. The molecule has 0 atom stereocenters. The van der Waals surface area contributed by atoms with E-state index in [0.717, 1.165) is 46.6 Å². The van der Waals surface area contributed by atoms with Crippen molar-refractivity contribution in [2.45, 2.75) is 0 Å². The molecule has 1 saturated heterocycles. The summed E-state index contributed by atoms with van der Waals surface area (Å²) in [7, 11) is 1.61. The van der Waals surface area contributed by atoms with Crippen molar-refractivity contribution >= 4 is 34.7 Å². The second kappa shape index (κ2) is 8.16. The maximum Gasteiger partial charge on any atom is 0.268 e. The number of methoxy groups -OCH3 is 1. The van der Waals surface area contributed by atoms with Gasteiger partial charge in [0.1, 0.15) is 16.3 Å². The molecule has 2 aromatic carbocycles. The molecule has 1 aliphatic heterocycles. The number of piperazine rings is 1. The summed E-state index contributed by atoms with van der Waals surface area (Å²) in [6, 6.07) is 15.3. The van der Waals surface area contributed by atoms with Crippen LogP contribution >= 0.6 is 23.1 Å². The smallest absolute Gasteiger partial charge is 0.268 e. The van der Waals surface area contributed by atoms with Crippen molar-refractivity contribution < 1.29 is 9.53 Å². The topological polar surface area (TPSA) is 58.6 Å². The molecule has 0 spiro atoms. The fraction of sp³-hybridized carbons (Fsp3) is 0.250. The number of anilines is 1. The monoisotopic (exact) mass is 414 g/mol. The molecule has 1 amide bonds. The van der Waals surface area contributed by atoms with E-state index in [4.69, 9.17) is 16.3 Å². The second-order valence-electron chi connectivity index (χ2n) is 6.44. The highest BCUT2D eigenvalue weighted by Gasteiger charge is 2.27. The Balaban J connectivity index is 1.49. The lowest BCUT2D eigenvalue weighted by Gasteiger charge is -2.36. The number of hydrogen-bond donors (Lipinski definition) is 0. The normalized spacial score (nSPS) is 14.2. The molecule has 8 heteroatoms. The predicted octanol–water partition coefficient (Wildman–Crippen LogP) is 3.83. The van der Waals surface area contributed by atoms with Crippen molar-refractivity contribution in [1.82, 2.24) is 14.5 Å². The molecule has 3 aromatic rings. The lowest BCUT2D eigenvalue weighted by atomic mass is 10.1. The summed E-state index contributed by atoms with van der Waals surface area (Å²) < 4.78 is 9.30. The van der Waals surface area contributed by atoms with E-state index in [1.54, 1.807) is 7.11 Å². The minimum absolute atomic E-state index is 0.0291. The Kier molecular flexibility index (Phi) is 5.45. The van der Waals surface area contributed by atoms with Gasteiger partial charge in [0.2, 0.25) is 0 Å². The Labute approximate surface area is 172 Å². The van der Waals surface area contributed by atoms with E-state index in [1.165, 1.54) is 0 Å². The van der Waals surface area contributed by atoms with Crippen LogP contribution in [0.2, 0.25) is 5.02 Å². The van der Waals surface area contributed by atoms with Gasteiger partial charge in [-0.05, 0) is 41.9 Å². The van der Waals surface area contributed by atoms with Gasteiger partial charge in [-0.25, -0.2) is 0 Å². The van der Waals surface area contributed by atoms with E-state index >= 15 is 0 Å². The van der Waals surface area contributed by atoms with Gasteiger partial charge < -0.3 is 14.5 Å². The number of amides is 1. The Morgan fingerprint density at radius 1 is 1.11 bits per heavy atom. The number of aromatic nitrogens is 2. The number of benzene rings is 2. The van der Waals surface area contributed by atoms with Crippen molar-refractivity contribution in [2.75, 3.05) is 38.2 Å². The van der Waals surface area contributed by atoms with Crippen molar-refractivity contribution in [2.24, 2.45) is 0 Å². The first-order chi connectivity index (χ1) is 13.7. The number of carbonyl (C=O) groups is 1. The largest absolute Gasteiger partial charge is 0.497 e. The number of rotatable bonds is 4. The van der Waals surface area contributed by atoms with Gasteiger partial charge in [0.25, 0.3) is 5.91 Å². The Morgan fingerprint density at radius 2 is 1.89 bits per heavy atom. The number of carbonyl (C=O) groups excluding carboxylic acids is 1. The van der Waals surface area contributed by atoms with Gasteiger partial charge in [-0.2, -0.15) is 0 Å². The molecule has 0 radical (unpaired) electrons. The molecule has 144 valence electrons. The van der Waals surface area contributed by atoms with E-state index in [-0.39, 0.29) is 5.91 Å². The van der Waals surface area contributed by atoms with Crippen molar-refractivity contribution in [3.05, 3.63) is 58.4 Å². The van der Waals surface area contributed by atoms with Gasteiger partial charge >= 0.3 is 0 Å². The van der Waals surface area contributed by atoms with Crippen LogP contribution in [0.5, 0.6) is 5.75 Å². The molecule has 0 N–H and O–H groups in total. The van der Waals surface area contributed by atoms with Crippen molar-refractivity contribution in [3.8, 4) is 17.0 Å². The summed E-state index contributed by atoms with van der Waals surface area (Å²) in [4.78, 5) is 17.8. The zero-order valence-corrected chi connectivity index (χ0v) is 16.9. The maximum absolute atomic E-state index is 13.1. The molecule has 1 fully saturated rings. The Bertz CT molecular complexity index is 986. The van der Waals surface area contributed by atoms with Gasteiger partial charge in [-0.1, -0.05) is 34.3 Å². The van der Waals surface area contributed by atoms with E-state index in [9.17, 15) is 4.79 Å². The first-order valence-electron chi connectivity index (χ1n) is 8.92. The van der Waals surface area contributed by atoms with Crippen LogP contribution in [-0.4, -0.2) is 53.7 Å². The third-order valence-electron chi connectivity index (χ3n) is 4.77. The van der Waals surface area contributed by atoms with E-state index in [0.29, 0.717) is 23.7 Å². The number of halogens is 1. The SMILES string of the molecule is COc1cccc(-c2nnsc2C(=O)N2CCN(c3cccc(Cl)c3)CC2)c1. The van der Waals surface area contributed by atoms with Crippen molar-refractivity contribution in [3.63, 3.8) is 0 Å². The van der Waals surface area contributed by atoms with Crippen LogP contribution in [0.15, 0.2) is 48.5 Å². The third kappa shape index (κ3) is 3.81. The minimum Gasteiger partial charge on any atom is -0.497 e. The first kappa shape index (κ1) is 18.7. The highest BCUT2D eigenvalue weighted by atomic mass is 35.5. The fourth-order valence-corrected chi connectivity index (χ4v) is 4.12. The van der Waals surface area contributed by atoms with Crippen LogP contribution in [0.4, 0.5) is 5.69 Å². The molecule has 4 rings (SSSR count). The summed E-state index contributed by atoms with van der Waals surface area (Å²) in [5.74, 6) is 0.692. The minimum atomic E-state index is -0.0291. The van der Waals surface area contributed by atoms with Crippen LogP contribution in [-0.2, 0) is 0 Å². The fourth-order valence-electron chi connectivity index (χ4n) is 3.27. The zero-order chi connectivity index (χ0) is 19.5. The van der Waals surface area contributed by atoms with Crippen LogP contribution in [0.1, 0.15) is 9.67 Å². The molecule has 2 heterocycles. The molecular formula is C20H19ClN4O2S. The van der Waals surface area contributed by atoms with Gasteiger partial charge in [-0.3, -0.25) is 4.79 Å². The van der Waals surface area contributed by atoms with Gasteiger partial charge in [0, 0.05) is 42.5 Å². The first-order valence-corrected chi connectivity index (χ1v) is 10.1. The van der Waals surface area contributed by atoms with E-state index in [2.05, 4.69) is 14.5 Å². The average molecular weight is 415 g/mol. The summed E-state index contributed by atoms with van der Waals surface area (Å²) in [6.45, 7) is 2.79. The lowest BCUT2D eigenvalue weighted by Crippen LogP contribution is -2.48. The van der Waals surface area contributed by atoms with Crippen LogP contribution in [0.3, 0.4) is 0 Å². The molecule has 0 saturated carbocycles. The van der Waals surface area contributed by atoms with Gasteiger partial charge in [-0.15, -0.1) is 5.10 Å². The van der Waals surface area contributed by atoms with Crippen LogP contribution in [0, 0.1) is 0 Å². The molecule has 0 bridgehead atoms. The molecule has 6 nitrogen and oxygen atoms in total. The summed E-state index contributed by atoms with van der Waals surface area (Å²) >= 11 is 7.23. The lowest BCUT2D eigenvalue weighted by molar-refractivity contribution is 0.0752. The standard InChI is InChI=1S/C20H19ClN4O2S/c1-27-17-7-2-4-14(12-17)18-19(28-23-22-18)20(26)25-10-8-24(9-11-25)16-6-3-5-15(21)13-16/h2-7,12-13H,8-11H2,1H3. The van der Waals surface area contributed by atoms with Crippen LogP contribution in [0.25, 0.3) is 11.3 Å².